The number of pyridine rings is 1. The van der Waals surface area contributed by atoms with Crippen molar-refractivity contribution in [2.24, 2.45) is 0 Å². The number of nitrogens with zero attached hydrogens (tertiary/aromatic N) is 3. The van der Waals surface area contributed by atoms with Gasteiger partial charge in [-0.1, -0.05) is 6.07 Å². The van der Waals surface area contributed by atoms with Crippen molar-refractivity contribution in [1.82, 2.24) is 15.0 Å². The van der Waals surface area contributed by atoms with Crippen LogP contribution >= 0.6 is 11.8 Å². The van der Waals surface area contributed by atoms with Crippen LogP contribution in [0.2, 0.25) is 0 Å². The number of hydrogen-bond donors (Lipinski definition) is 1. The Morgan fingerprint density at radius 2 is 2.08 bits per heavy atom. The molecule has 1 N–H and O–H groups in total. The summed E-state index contributed by atoms with van der Waals surface area (Å²) in [6.45, 7) is 3.73. The highest BCUT2D eigenvalue weighted by molar-refractivity contribution is 7.98. The van der Waals surface area contributed by atoms with Crippen LogP contribution in [0.25, 0.3) is 22.2 Å². The smallest absolute Gasteiger partial charge is 0.222 e. The first-order valence-electron chi connectivity index (χ1n) is 8.86. The fourth-order valence-electron chi connectivity index (χ4n) is 3.22. The molecule has 1 unspecified atom stereocenters. The van der Waals surface area contributed by atoms with Crippen LogP contribution in [0.5, 0.6) is 0 Å². The Labute approximate surface area is 157 Å². The van der Waals surface area contributed by atoms with Crippen LogP contribution in [0, 0.1) is 6.92 Å². The van der Waals surface area contributed by atoms with E-state index in [1.54, 1.807) is 11.8 Å². The zero-order valence-corrected chi connectivity index (χ0v) is 15.8. The highest BCUT2D eigenvalue weighted by atomic mass is 32.2. The number of rotatable bonds is 5. The van der Waals surface area contributed by atoms with Crippen LogP contribution in [0.3, 0.4) is 0 Å². The fraction of sp³-hybridized carbons (Fsp3) is 0.350. The Hall–Kier alpha value is -2.18. The molecule has 134 valence electrons. The third-order valence-corrected chi connectivity index (χ3v) is 5.41. The zero-order chi connectivity index (χ0) is 17.9. The summed E-state index contributed by atoms with van der Waals surface area (Å²) in [5, 5.41) is 4.43. The first-order valence-corrected chi connectivity index (χ1v) is 10.1. The summed E-state index contributed by atoms with van der Waals surface area (Å²) >= 11 is 1.73. The van der Waals surface area contributed by atoms with Crippen LogP contribution in [0.15, 0.2) is 41.6 Å². The molecule has 6 heteroatoms. The molecule has 0 radical (unpaired) electrons. The van der Waals surface area contributed by atoms with Crippen molar-refractivity contribution in [3.63, 3.8) is 0 Å². The molecular weight excluding hydrogens is 344 g/mol. The molecule has 1 atom stereocenters. The Balaban J connectivity index is 1.56. The second-order valence-corrected chi connectivity index (χ2v) is 7.40. The van der Waals surface area contributed by atoms with Crippen molar-refractivity contribution in [3.8, 4) is 11.3 Å². The van der Waals surface area contributed by atoms with Gasteiger partial charge in [0, 0.05) is 41.4 Å². The molecule has 0 amide bonds. The third kappa shape index (κ3) is 3.66. The van der Waals surface area contributed by atoms with Crippen molar-refractivity contribution in [1.29, 1.82) is 0 Å². The van der Waals surface area contributed by atoms with E-state index in [1.165, 1.54) is 15.8 Å². The summed E-state index contributed by atoms with van der Waals surface area (Å²) in [6, 6.07) is 8.51. The number of ether oxygens (including phenoxy) is 1. The lowest BCUT2D eigenvalue weighted by atomic mass is 10.1. The van der Waals surface area contributed by atoms with Gasteiger partial charge in [0.15, 0.2) is 0 Å². The maximum atomic E-state index is 5.61. The van der Waals surface area contributed by atoms with Gasteiger partial charge in [0.25, 0.3) is 0 Å². The zero-order valence-electron chi connectivity index (χ0n) is 15.0. The lowest BCUT2D eigenvalue weighted by Gasteiger charge is -2.11. The Kier molecular flexibility index (Phi) is 5.04. The molecule has 1 aliphatic rings. The fourth-order valence-corrected chi connectivity index (χ4v) is 3.65. The number of aryl methyl sites for hydroxylation is 1. The topological polar surface area (TPSA) is 59.9 Å². The second-order valence-electron chi connectivity index (χ2n) is 6.52. The minimum Gasteiger partial charge on any atom is -0.376 e. The highest BCUT2D eigenvalue weighted by Crippen LogP contribution is 2.27. The van der Waals surface area contributed by atoms with Gasteiger partial charge in [-0.15, -0.1) is 11.8 Å². The number of anilines is 1. The van der Waals surface area contributed by atoms with Gasteiger partial charge in [0.05, 0.1) is 17.3 Å². The standard InChI is InChI=1S/C20H22N4OS/c1-13-8-18(24-19-9-16(26-2)5-6-17(13)19)14-10-21-20(22-11-14)23-12-15-4-3-7-25-15/h5-6,8-11,15H,3-4,7,12H2,1-2H3,(H,21,22,23). The molecule has 3 heterocycles. The lowest BCUT2D eigenvalue weighted by Crippen LogP contribution is -2.19. The first kappa shape index (κ1) is 17.2. The molecule has 0 saturated carbocycles. The number of hydrogen-bond acceptors (Lipinski definition) is 6. The van der Waals surface area contributed by atoms with Crippen molar-refractivity contribution in [2.45, 2.75) is 30.8 Å². The number of fused-ring (bicyclic) bond motifs is 1. The third-order valence-electron chi connectivity index (χ3n) is 4.68. The Bertz CT molecular complexity index is 908. The average Bonchev–Trinajstić information content (AvgIpc) is 3.20. The molecule has 1 aromatic carbocycles. The average molecular weight is 366 g/mol. The van der Waals surface area contributed by atoms with Gasteiger partial charge in [0.2, 0.25) is 5.95 Å². The molecule has 0 spiro atoms. The van der Waals surface area contributed by atoms with Gasteiger partial charge in [0.1, 0.15) is 0 Å². The largest absolute Gasteiger partial charge is 0.376 e. The number of benzene rings is 1. The number of aromatic nitrogens is 3. The summed E-state index contributed by atoms with van der Waals surface area (Å²) in [7, 11) is 0. The Morgan fingerprint density at radius 1 is 1.23 bits per heavy atom. The van der Waals surface area contributed by atoms with E-state index in [1.807, 2.05) is 12.4 Å². The van der Waals surface area contributed by atoms with Gasteiger partial charge in [-0.2, -0.15) is 0 Å². The quantitative estimate of drug-likeness (QED) is 0.679. The van der Waals surface area contributed by atoms with Crippen molar-refractivity contribution in [3.05, 3.63) is 42.2 Å². The van der Waals surface area contributed by atoms with E-state index in [0.717, 1.165) is 42.8 Å². The van der Waals surface area contributed by atoms with Gasteiger partial charge < -0.3 is 10.1 Å². The second kappa shape index (κ2) is 7.60. The molecule has 3 aromatic rings. The van der Waals surface area contributed by atoms with Crippen LogP contribution < -0.4 is 5.32 Å². The van der Waals surface area contributed by atoms with Gasteiger partial charge in [-0.05, 0) is 49.8 Å². The summed E-state index contributed by atoms with van der Waals surface area (Å²) < 4.78 is 5.61. The monoisotopic (exact) mass is 366 g/mol. The Morgan fingerprint density at radius 3 is 2.81 bits per heavy atom. The van der Waals surface area contributed by atoms with E-state index in [0.29, 0.717) is 5.95 Å². The lowest BCUT2D eigenvalue weighted by molar-refractivity contribution is 0.120. The van der Waals surface area contributed by atoms with E-state index < -0.39 is 0 Å². The summed E-state index contributed by atoms with van der Waals surface area (Å²) in [5.41, 5.74) is 4.04. The van der Waals surface area contributed by atoms with E-state index in [-0.39, 0.29) is 6.10 Å². The van der Waals surface area contributed by atoms with Crippen molar-refractivity contribution >= 4 is 28.6 Å². The van der Waals surface area contributed by atoms with Crippen LogP contribution in [0.4, 0.5) is 5.95 Å². The van der Waals surface area contributed by atoms with Crippen molar-refractivity contribution < 1.29 is 4.74 Å². The maximum absolute atomic E-state index is 5.61. The van der Waals surface area contributed by atoms with E-state index in [4.69, 9.17) is 9.72 Å². The molecular formula is C20H22N4OS. The molecule has 0 bridgehead atoms. The first-order chi connectivity index (χ1) is 12.7. The molecule has 0 aliphatic carbocycles. The van der Waals surface area contributed by atoms with Crippen molar-refractivity contribution in [2.75, 3.05) is 24.7 Å². The molecule has 26 heavy (non-hydrogen) atoms. The predicted molar refractivity (Wildman–Crippen MR) is 107 cm³/mol. The molecule has 4 rings (SSSR count). The number of thioether (sulfide) groups is 1. The van der Waals surface area contributed by atoms with Gasteiger partial charge >= 0.3 is 0 Å². The maximum Gasteiger partial charge on any atom is 0.222 e. The molecule has 1 aliphatic heterocycles. The minimum atomic E-state index is 0.272. The summed E-state index contributed by atoms with van der Waals surface area (Å²) in [4.78, 5) is 14.9. The van der Waals surface area contributed by atoms with E-state index in [2.05, 4.69) is 52.7 Å². The molecule has 1 saturated heterocycles. The van der Waals surface area contributed by atoms with E-state index in [9.17, 15) is 0 Å². The summed E-state index contributed by atoms with van der Waals surface area (Å²) in [5.74, 6) is 0.631. The van der Waals surface area contributed by atoms with Gasteiger partial charge in [-0.3, -0.25) is 0 Å². The van der Waals surface area contributed by atoms with Crippen LogP contribution in [-0.4, -0.2) is 40.5 Å². The van der Waals surface area contributed by atoms with Crippen LogP contribution in [0.1, 0.15) is 18.4 Å². The molecule has 1 fully saturated rings. The molecule has 2 aromatic heterocycles. The minimum absolute atomic E-state index is 0.272. The number of nitrogens with one attached hydrogen (secondary N) is 1. The van der Waals surface area contributed by atoms with Gasteiger partial charge in [-0.25, -0.2) is 15.0 Å². The van der Waals surface area contributed by atoms with Crippen LogP contribution in [-0.2, 0) is 4.74 Å². The predicted octanol–water partition coefficient (Wildman–Crippen LogP) is 4.31. The normalized spacial score (nSPS) is 16.9. The molecule has 5 nitrogen and oxygen atoms in total. The summed E-state index contributed by atoms with van der Waals surface area (Å²) in [6.07, 6.45) is 8.25. The van der Waals surface area contributed by atoms with E-state index >= 15 is 0 Å². The SMILES string of the molecule is CSc1ccc2c(C)cc(-c3cnc(NCC4CCCO4)nc3)nc2c1. The highest BCUT2D eigenvalue weighted by Gasteiger charge is 2.15.